The summed E-state index contributed by atoms with van der Waals surface area (Å²) < 4.78 is 0. The molecule has 0 aromatic heterocycles. The van der Waals surface area contributed by atoms with Crippen LogP contribution in [0.15, 0.2) is 30.3 Å². The third kappa shape index (κ3) is 1.80. The summed E-state index contributed by atoms with van der Waals surface area (Å²) in [6.45, 7) is 2.40. The summed E-state index contributed by atoms with van der Waals surface area (Å²) in [5.74, 6) is 6.15. The Bertz CT molecular complexity index is 341. The molecule has 0 aliphatic carbocycles. The van der Waals surface area contributed by atoms with Crippen molar-refractivity contribution in [2.24, 2.45) is 0 Å². The van der Waals surface area contributed by atoms with Crippen LogP contribution in [0.1, 0.15) is 24.2 Å². The smallest absolute Gasteiger partial charge is 0.0622 e. The summed E-state index contributed by atoms with van der Waals surface area (Å²) in [5.41, 5.74) is 1.63. The van der Waals surface area contributed by atoms with Crippen LogP contribution in [0.5, 0.6) is 0 Å². The average Bonchev–Trinajstić information content (AvgIpc) is 2.40. The normalized spacial score (nSPS) is 37.6. The van der Waals surface area contributed by atoms with Gasteiger partial charge in [-0.25, -0.2) is 0 Å². The highest BCUT2D eigenvalue weighted by Crippen LogP contribution is 2.42. The molecule has 2 heteroatoms. The van der Waals surface area contributed by atoms with Crippen LogP contribution in [0.25, 0.3) is 0 Å². The summed E-state index contributed by atoms with van der Waals surface area (Å²) >= 11 is 0. The second kappa shape index (κ2) is 4.66. The predicted octanol–water partition coefficient (Wildman–Crippen LogP) is 2.77. The van der Waals surface area contributed by atoms with Gasteiger partial charge in [0.2, 0.25) is 0 Å². The van der Waals surface area contributed by atoms with Crippen LogP contribution in [-0.2, 0) is 21.8 Å². The molecule has 0 radical (unpaired) electrons. The Kier molecular flexibility index (Phi) is 3.21. The third-order valence-electron chi connectivity index (χ3n) is 3.87. The molecule has 86 valence electrons. The number of hydrogen-bond donors (Lipinski definition) is 0. The van der Waals surface area contributed by atoms with Gasteiger partial charge in [0.05, 0.1) is 0 Å². The third-order valence-corrected chi connectivity index (χ3v) is 10.3. The Morgan fingerprint density at radius 2 is 1.62 bits per heavy atom. The van der Waals surface area contributed by atoms with E-state index in [0.717, 1.165) is 21.4 Å². The van der Waals surface area contributed by atoms with Crippen LogP contribution in [0.3, 0.4) is 0 Å². The largest absolute Gasteiger partial charge is 0.190 e. The van der Waals surface area contributed by atoms with Gasteiger partial charge in [-0.2, -0.15) is 0 Å². The van der Waals surface area contributed by atoms with Crippen molar-refractivity contribution in [2.45, 2.75) is 23.8 Å². The summed E-state index contributed by atoms with van der Waals surface area (Å²) in [5, 5.41) is 1.92. The Hall–Kier alpha value is -0.0800. The number of fused-ring (bicyclic) bond motifs is 3. The van der Waals surface area contributed by atoms with Gasteiger partial charge >= 0.3 is 0 Å². The number of hydrogen-bond acceptors (Lipinski definition) is 0. The Labute approximate surface area is 105 Å². The highest BCUT2D eigenvalue weighted by molar-refractivity contribution is 8.07. The van der Waals surface area contributed by atoms with E-state index in [1.54, 1.807) is 17.1 Å². The minimum absolute atomic E-state index is 0.703. The van der Waals surface area contributed by atoms with Crippen molar-refractivity contribution in [2.75, 3.05) is 23.0 Å². The van der Waals surface area contributed by atoms with Crippen molar-refractivity contribution in [1.29, 1.82) is 0 Å². The molecule has 3 saturated heterocycles. The topological polar surface area (TPSA) is 0 Å². The first-order valence-electron chi connectivity index (χ1n) is 6.27. The fourth-order valence-corrected chi connectivity index (χ4v) is 11.1. The summed E-state index contributed by atoms with van der Waals surface area (Å²) in [6.07, 6.45) is 1.40. The van der Waals surface area contributed by atoms with Crippen molar-refractivity contribution in [3.05, 3.63) is 35.9 Å². The molecule has 4 rings (SSSR count). The first-order valence-corrected chi connectivity index (χ1v) is 9.53. The predicted molar refractivity (Wildman–Crippen MR) is 77.5 cm³/mol. The van der Waals surface area contributed by atoms with Crippen LogP contribution in [-0.4, -0.2) is 28.3 Å². The minimum Gasteiger partial charge on any atom is -0.0622 e. The molecule has 1 aromatic carbocycles. The maximum atomic E-state index is 2.40. The Morgan fingerprint density at radius 1 is 1.00 bits per heavy atom. The van der Waals surface area contributed by atoms with Crippen molar-refractivity contribution >= 4 is 21.8 Å². The Balaban J connectivity index is 1.93. The monoisotopic (exact) mass is 252 g/mol. The Morgan fingerprint density at radius 3 is 2.25 bits per heavy atom. The van der Waals surface area contributed by atoms with Gasteiger partial charge < -0.3 is 0 Å². The quantitative estimate of drug-likeness (QED) is 0.710. The molecule has 2 bridgehead atoms. The molecule has 3 aliphatic heterocycles. The van der Waals surface area contributed by atoms with E-state index in [1.807, 2.05) is 0 Å². The molecule has 0 nitrogen and oxygen atoms in total. The second-order valence-electron chi connectivity index (χ2n) is 4.67. The first-order chi connectivity index (χ1) is 7.90. The summed E-state index contributed by atoms with van der Waals surface area (Å²) in [4.78, 5) is 0. The van der Waals surface area contributed by atoms with Gasteiger partial charge in [-0.1, -0.05) is 37.3 Å². The SMILES string of the molecule is CC[C@@H]1[C@H](c2ccccc2)[S+]2CC[S+]1CC2. The van der Waals surface area contributed by atoms with Gasteiger partial charge in [0.25, 0.3) is 0 Å². The molecule has 1 aromatic rings. The molecule has 3 heterocycles. The van der Waals surface area contributed by atoms with Gasteiger partial charge in [-0.15, -0.1) is 0 Å². The van der Waals surface area contributed by atoms with E-state index in [9.17, 15) is 0 Å². The fraction of sp³-hybridized carbons (Fsp3) is 0.571. The zero-order valence-corrected chi connectivity index (χ0v) is 11.5. The van der Waals surface area contributed by atoms with E-state index in [-0.39, 0.29) is 0 Å². The molecule has 0 amide bonds. The van der Waals surface area contributed by atoms with Gasteiger partial charge in [0.15, 0.2) is 33.5 Å². The molecule has 0 unspecified atom stereocenters. The maximum absolute atomic E-state index is 2.40. The molecule has 3 aliphatic rings. The van der Waals surface area contributed by atoms with Crippen molar-refractivity contribution in [1.82, 2.24) is 0 Å². The summed E-state index contributed by atoms with van der Waals surface area (Å²) in [6, 6.07) is 11.3. The molecule has 0 saturated carbocycles. The zero-order valence-electron chi connectivity index (χ0n) is 9.89. The van der Waals surface area contributed by atoms with E-state index < -0.39 is 0 Å². The lowest BCUT2D eigenvalue weighted by molar-refractivity contribution is 0.768. The van der Waals surface area contributed by atoms with Crippen LogP contribution < -0.4 is 0 Å². The standard InChI is InChI=1S/C14H20S2/c1-2-13-14(12-6-4-3-5-7-12)16-10-8-15(13)9-11-16/h3-7,13-14H,2,8-11H2,1H3/q+2/t13-,14+,15?,16?/m1/s1. The van der Waals surface area contributed by atoms with Gasteiger partial charge in [-0.05, 0) is 6.42 Å². The minimum atomic E-state index is 0.703. The molecular weight excluding hydrogens is 232 g/mol. The zero-order chi connectivity index (χ0) is 11.0. The van der Waals surface area contributed by atoms with Gasteiger partial charge in [0, 0.05) is 27.4 Å². The second-order valence-corrected chi connectivity index (χ2v) is 9.57. The average molecular weight is 252 g/mol. The fourth-order valence-electron chi connectivity index (χ4n) is 3.08. The van der Waals surface area contributed by atoms with Gasteiger partial charge in [-0.3, -0.25) is 0 Å². The number of benzene rings is 1. The van der Waals surface area contributed by atoms with E-state index in [2.05, 4.69) is 37.3 Å². The van der Waals surface area contributed by atoms with Gasteiger partial charge in [0.1, 0.15) is 0 Å². The maximum Gasteiger partial charge on any atom is 0.190 e. The molecule has 2 atom stereocenters. The molecule has 0 N–H and O–H groups in total. The summed E-state index contributed by atoms with van der Waals surface area (Å²) in [7, 11) is 1.46. The van der Waals surface area contributed by atoms with E-state index in [0.29, 0.717) is 10.9 Å². The van der Waals surface area contributed by atoms with Crippen molar-refractivity contribution in [3.8, 4) is 0 Å². The van der Waals surface area contributed by atoms with Crippen LogP contribution in [0.4, 0.5) is 0 Å². The lowest BCUT2D eigenvalue weighted by atomic mass is 10.1. The van der Waals surface area contributed by atoms with E-state index in [1.165, 1.54) is 17.9 Å². The van der Waals surface area contributed by atoms with Crippen LogP contribution in [0.2, 0.25) is 0 Å². The molecule has 3 fully saturated rings. The molecule has 0 spiro atoms. The lowest BCUT2D eigenvalue weighted by Gasteiger charge is -2.35. The lowest BCUT2D eigenvalue weighted by Crippen LogP contribution is -2.52. The van der Waals surface area contributed by atoms with Crippen LogP contribution >= 0.6 is 0 Å². The highest BCUT2D eigenvalue weighted by atomic mass is 32.2. The van der Waals surface area contributed by atoms with E-state index >= 15 is 0 Å². The molecule has 16 heavy (non-hydrogen) atoms. The van der Waals surface area contributed by atoms with Crippen LogP contribution in [0, 0.1) is 0 Å². The molecular formula is C14H20S2+2. The first kappa shape index (κ1) is 11.0. The van der Waals surface area contributed by atoms with E-state index in [4.69, 9.17) is 0 Å². The number of rotatable bonds is 2. The highest BCUT2D eigenvalue weighted by Gasteiger charge is 2.56. The van der Waals surface area contributed by atoms with Crippen molar-refractivity contribution < 1.29 is 0 Å². The van der Waals surface area contributed by atoms with Crippen molar-refractivity contribution in [3.63, 3.8) is 0 Å².